The molecule has 7 heteroatoms. The van der Waals surface area contributed by atoms with Gasteiger partial charge in [0.2, 0.25) is 0 Å². The van der Waals surface area contributed by atoms with Crippen molar-refractivity contribution >= 4 is 5.65 Å². The van der Waals surface area contributed by atoms with Crippen LogP contribution >= 0.6 is 0 Å². The number of nitrogens with one attached hydrogen (secondary N) is 1. The van der Waals surface area contributed by atoms with Crippen LogP contribution in [0.15, 0.2) is 12.1 Å². The summed E-state index contributed by atoms with van der Waals surface area (Å²) in [5.74, 6) is -0.687. The summed E-state index contributed by atoms with van der Waals surface area (Å²) in [6, 6.07) is 4.47. The summed E-state index contributed by atoms with van der Waals surface area (Å²) < 4.78 is 40.8. The molecule has 4 nitrogen and oxygen atoms in total. The molecule has 2 aliphatic rings. The van der Waals surface area contributed by atoms with Gasteiger partial charge in [0.25, 0.3) is 0 Å². The van der Waals surface area contributed by atoms with Gasteiger partial charge < -0.3 is 5.32 Å². The maximum Gasteiger partial charge on any atom is 0.391 e. The van der Waals surface area contributed by atoms with Crippen LogP contribution in [0.3, 0.4) is 0 Å². The number of fused-ring (bicyclic) bond motifs is 1. The Kier molecular flexibility index (Phi) is 4.91. The minimum Gasteiger partial charge on any atom is -0.314 e. The lowest BCUT2D eigenvalue weighted by molar-refractivity contribution is -0.182. The van der Waals surface area contributed by atoms with E-state index in [0.717, 1.165) is 42.1 Å². The average molecular weight is 380 g/mol. The van der Waals surface area contributed by atoms with E-state index in [0.29, 0.717) is 24.8 Å². The Hall–Kier alpha value is -1.63. The molecule has 3 heterocycles. The molecular weight excluding hydrogens is 353 g/mol. The molecule has 1 saturated heterocycles. The highest BCUT2D eigenvalue weighted by atomic mass is 19.4. The lowest BCUT2D eigenvalue weighted by Gasteiger charge is -2.30. The number of hydrogen-bond acceptors (Lipinski definition) is 3. The fourth-order valence-electron chi connectivity index (χ4n) is 4.77. The first kappa shape index (κ1) is 18.7. The monoisotopic (exact) mass is 380 g/mol. The summed E-state index contributed by atoms with van der Waals surface area (Å²) >= 11 is 0. The van der Waals surface area contributed by atoms with Crippen LogP contribution in [0, 0.1) is 12.8 Å². The zero-order valence-electron chi connectivity index (χ0n) is 15.9. The standard InChI is InChI=1S/C20H27F3N4/c1-12-10-18(16-4-3-9-24-13(16)2)27-19(25-12)11-17(26-27)14-5-7-15(8-6-14)20(21,22)23/h10-11,13-16,24H,3-9H2,1-2H3/t13-,14?,15?,16-/m1/s1. The van der Waals surface area contributed by atoms with Crippen molar-refractivity contribution in [3.05, 3.63) is 29.2 Å². The second-order valence-corrected chi connectivity index (χ2v) is 8.24. The summed E-state index contributed by atoms with van der Waals surface area (Å²) in [4.78, 5) is 4.63. The topological polar surface area (TPSA) is 42.2 Å². The van der Waals surface area contributed by atoms with Crippen LogP contribution in [0.4, 0.5) is 13.2 Å². The molecule has 0 amide bonds. The van der Waals surface area contributed by atoms with Crippen molar-refractivity contribution in [2.24, 2.45) is 5.92 Å². The van der Waals surface area contributed by atoms with Crippen molar-refractivity contribution in [3.63, 3.8) is 0 Å². The van der Waals surface area contributed by atoms with Gasteiger partial charge in [-0.15, -0.1) is 0 Å². The van der Waals surface area contributed by atoms with Gasteiger partial charge >= 0.3 is 6.18 Å². The Morgan fingerprint density at radius 2 is 1.85 bits per heavy atom. The number of piperidine rings is 1. The van der Waals surface area contributed by atoms with E-state index in [1.54, 1.807) is 0 Å². The molecular formula is C20H27F3N4. The SMILES string of the molecule is Cc1cc([C@@H]2CCCN[C@@H]2C)n2nc(C3CCC(C(F)(F)F)CC3)cc2n1. The number of alkyl halides is 3. The third-order valence-corrected chi connectivity index (χ3v) is 6.35. The van der Waals surface area contributed by atoms with E-state index in [1.165, 1.54) is 0 Å². The van der Waals surface area contributed by atoms with E-state index < -0.39 is 12.1 Å². The number of aromatic nitrogens is 3. The summed E-state index contributed by atoms with van der Waals surface area (Å²) in [6.45, 7) is 5.23. The van der Waals surface area contributed by atoms with E-state index in [1.807, 2.05) is 17.5 Å². The first-order valence-corrected chi connectivity index (χ1v) is 10.00. The summed E-state index contributed by atoms with van der Waals surface area (Å²) in [5.41, 5.74) is 3.83. The van der Waals surface area contributed by atoms with E-state index >= 15 is 0 Å². The van der Waals surface area contributed by atoms with Gasteiger partial charge in [-0.05, 0) is 65.0 Å². The Balaban J connectivity index is 1.62. The Labute approximate surface area is 157 Å². The minimum absolute atomic E-state index is 0.0976. The Bertz CT molecular complexity index is 805. The third-order valence-electron chi connectivity index (χ3n) is 6.35. The summed E-state index contributed by atoms with van der Waals surface area (Å²) in [7, 11) is 0. The van der Waals surface area contributed by atoms with Crippen molar-refractivity contribution in [3.8, 4) is 0 Å². The van der Waals surface area contributed by atoms with Gasteiger partial charge in [0.1, 0.15) is 0 Å². The second kappa shape index (κ2) is 7.08. The molecule has 1 aliphatic carbocycles. The molecule has 2 atom stereocenters. The van der Waals surface area contributed by atoms with Crippen molar-refractivity contribution in [2.45, 2.75) is 76.4 Å². The van der Waals surface area contributed by atoms with Crippen molar-refractivity contribution < 1.29 is 13.2 Å². The first-order chi connectivity index (χ1) is 12.8. The summed E-state index contributed by atoms with van der Waals surface area (Å²) in [6.07, 6.45) is -0.338. The molecule has 2 aromatic rings. The van der Waals surface area contributed by atoms with Gasteiger partial charge in [0.05, 0.1) is 17.3 Å². The van der Waals surface area contributed by atoms with Gasteiger partial charge in [0, 0.05) is 29.6 Å². The highest BCUT2D eigenvalue weighted by Crippen LogP contribution is 2.42. The first-order valence-electron chi connectivity index (χ1n) is 10.00. The summed E-state index contributed by atoms with van der Waals surface area (Å²) in [5, 5.41) is 8.36. The molecule has 0 bridgehead atoms. The third kappa shape index (κ3) is 3.71. The molecule has 1 N–H and O–H groups in total. The van der Waals surface area contributed by atoms with Crippen LogP contribution in [0.2, 0.25) is 0 Å². The van der Waals surface area contributed by atoms with Gasteiger partial charge in [-0.25, -0.2) is 9.50 Å². The van der Waals surface area contributed by atoms with E-state index in [2.05, 4.69) is 23.3 Å². The minimum atomic E-state index is -4.07. The molecule has 4 rings (SSSR count). The lowest BCUT2D eigenvalue weighted by atomic mass is 9.80. The maximum atomic E-state index is 12.9. The molecule has 2 fully saturated rings. The van der Waals surface area contributed by atoms with Crippen molar-refractivity contribution in [2.75, 3.05) is 6.54 Å². The maximum absolute atomic E-state index is 12.9. The van der Waals surface area contributed by atoms with Crippen LogP contribution < -0.4 is 5.32 Å². The predicted molar refractivity (Wildman–Crippen MR) is 97.9 cm³/mol. The van der Waals surface area contributed by atoms with Gasteiger partial charge in [-0.3, -0.25) is 0 Å². The lowest BCUT2D eigenvalue weighted by Crippen LogP contribution is -2.38. The molecule has 1 aliphatic heterocycles. The number of aryl methyl sites for hydroxylation is 1. The number of nitrogens with zero attached hydrogens (tertiary/aromatic N) is 3. The molecule has 0 aromatic carbocycles. The highest BCUT2D eigenvalue weighted by Gasteiger charge is 2.42. The average Bonchev–Trinajstić information content (AvgIpc) is 3.05. The Morgan fingerprint density at radius 3 is 2.52 bits per heavy atom. The van der Waals surface area contributed by atoms with Crippen LogP contribution in [-0.2, 0) is 0 Å². The van der Waals surface area contributed by atoms with Crippen molar-refractivity contribution in [1.82, 2.24) is 19.9 Å². The van der Waals surface area contributed by atoms with Gasteiger partial charge in [-0.2, -0.15) is 18.3 Å². The zero-order chi connectivity index (χ0) is 19.2. The molecule has 1 saturated carbocycles. The van der Waals surface area contributed by atoms with Crippen LogP contribution in [0.5, 0.6) is 0 Å². The van der Waals surface area contributed by atoms with E-state index in [4.69, 9.17) is 5.10 Å². The Morgan fingerprint density at radius 1 is 1.11 bits per heavy atom. The molecule has 0 unspecified atom stereocenters. The number of hydrogen-bond donors (Lipinski definition) is 1. The van der Waals surface area contributed by atoms with Crippen LogP contribution in [-0.4, -0.2) is 33.4 Å². The largest absolute Gasteiger partial charge is 0.391 e. The molecule has 2 aromatic heterocycles. The fraction of sp³-hybridized carbons (Fsp3) is 0.700. The number of halogens is 3. The predicted octanol–water partition coefficient (Wildman–Crippen LogP) is 4.73. The number of rotatable bonds is 2. The van der Waals surface area contributed by atoms with Gasteiger partial charge in [0.15, 0.2) is 5.65 Å². The van der Waals surface area contributed by atoms with Crippen LogP contribution in [0.1, 0.15) is 74.4 Å². The van der Waals surface area contributed by atoms with Crippen LogP contribution in [0.25, 0.3) is 5.65 Å². The second-order valence-electron chi connectivity index (χ2n) is 8.24. The molecule has 27 heavy (non-hydrogen) atoms. The molecule has 0 radical (unpaired) electrons. The highest BCUT2D eigenvalue weighted by molar-refractivity contribution is 5.43. The van der Waals surface area contributed by atoms with Gasteiger partial charge in [-0.1, -0.05) is 0 Å². The van der Waals surface area contributed by atoms with Crippen molar-refractivity contribution in [1.29, 1.82) is 0 Å². The van der Waals surface area contributed by atoms with E-state index in [9.17, 15) is 13.2 Å². The zero-order valence-corrected chi connectivity index (χ0v) is 15.9. The van der Waals surface area contributed by atoms with E-state index in [-0.39, 0.29) is 18.8 Å². The smallest absolute Gasteiger partial charge is 0.314 e. The molecule has 148 valence electrons. The molecule has 0 spiro atoms. The quantitative estimate of drug-likeness (QED) is 0.819. The fourth-order valence-corrected chi connectivity index (χ4v) is 4.77. The normalized spacial score (nSPS) is 30.0.